The molecule has 0 radical (unpaired) electrons. The quantitative estimate of drug-likeness (QED) is 0.194. The molecule has 4 heterocycles. The van der Waals surface area contributed by atoms with Crippen LogP contribution in [0.5, 0.6) is 0 Å². The maximum atomic E-state index is 4.88. The van der Waals surface area contributed by atoms with Gasteiger partial charge in [0.1, 0.15) is 0 Å². The molecule has 4 aromatic rings. The van der Waals surface area contributed by atoms with Crippen LogP contribution in [0.1, 0.15) is 22.3 Å². The van der Waals surface area contributed by atoms with Crippen LogP contribution in [-0.2, 0) is 45.8 Å². The maximum absolute atomic E-state index is 4.88. The molecule has 0 aliphatic heterocycles. The zero-order valence-electron chi connectivity index (χ0n) is 14.7. The van der Waals surface area contributed by atoms with Crippen LogP contribution < -0.4 is 24.8 Å². The van der Waals surface area contributed by atoms with Crippen molar-refractivity contribution in [3.63, 3.8) is 0 Å². The molecular formula is C14H16Cl6N8Pt2-2. The Kier molecular flexibility index (Phi) is 23.7. The summed E-state index contributed by atoms with van der Waals surface area (Å²) in [5.74, 6) is 0. The molecule has 8 nitrogen and oxygen atoms in total. The molecule has 0 spiro atoms. The van der Waals surface area contributed by atoms with E-state index in [0.717, 1.165) is 12.8 Å². The number of nitrogens with one attached hydrogen (secondary N) is 4. The first-order valence-electron chi connectivity index (χ1n) is 7.28. The predicted octanol–water partition coefficient (Wildman–Crippen LogP) is -1.79. The minimum atomic E-state index is -0.472. The van der Waals surface area contributed by atoms with Crippen LogP contribution in [0.15, 0.2) is 49.6 Å². The monoisotopic (exact) mass is 896 g/mol. The summed E-state index contributed by atoms with van der Waals surface area (Å²) in [6, 6.07) is 0. The van der Waals surface area contributed by atoms with E-state index in [9.17, 15) is 0 Å². The van der Waals surface area contributed by atoms with Gasteiger partial charge in [-0.3, -0.25) is 20.4 Å². The minimum absolute atomic E-state index is 0. The number of hydrogen-bond donors (Lipinski definition) is 4. The van der Waals surface area contributed by atoms with Crippen LogP contribution in [0.4, 0.5) is 0 Å². The first kappa shape index (κ1) is 32.1. The molecule has 0 saturated carbocycles. The Morgan fingerprint density at radius 1 is 0.533 bits per heavy atom. The third-order valence-electron chi connectivity index (χ3n) is 3.04. The van der Waals surface area contributed by atoms with E-state index >= 15 is 0 Å². The fourth-order valence-corrected chi connectivity index (χ4v) is 1.97. The van der Waals surface area contributed by atoms with Crippen molar-refractivity contribution in [3.05, 3.63) is 71.8 Å². The molecule has 4 rings (SSSR count). The second-order valence-electron chi connectivity index (χ2n) is 4.87. The average molecular weight is 899 g/mol. The van der Waals surface area contributed by atoms with Gasteiger partial charge in [0.15, 0.2) is 0 Å². The third kappa shape index (κ3) is 15.7. The van der Waals surface area contributed by atoms with Crippen molar-refractivity contribution in [1.29, 1.82) is 0 Å². The normalized spacial score (nSPS) is 8.93. The molecule has 30 heavy (non-hydrogen) atoms. The van der Waals surface area contributed by atoms with Crippen LogP contribution in [0, 0.1) is 0 Å². The first-order chi connectivity index (χ1) is 13.7. The van der Waals surface area contributed by atoms with Gasteiger partial charge in [-0.1, -0.05) is 0 Å². The second-order valence-corrected chi connectivity index (χ2v) is 11.4. The van der Waals surface area contributed by atoms with Crippen LogP contribution >= 0.6 is 37.7 Å². The summed E-state index contributed by atoms with van der Waals surface area (Å²) in [6.07, 6.45) is 16.5. The van der Waals surface area contributed by atoms with Gasteiger partial charge in [-0.25, -0.2) is 0 Å². The molecule has 0 unspecified atom stereocenters. The van der Waals surface area contributed by atoms with E-state index in [4.69, 9.17) is 37.7 Å². The number of hydrogen-bond acceptors (Lipinski definition) is 4. The van der Waals surface area contributed by atoms with Gasteiger partial charge in [0.25, 0.3) is 0 Å². The summed E-state index contributed by atoms with van der Waals surface area (Å²) in [6.45, 7) is 0. The zero-order chi connectivity index (χ0) is 20.5. The van der Waals surface area contributed by atoms with Crippen LogP contribution in [0.3, 0.4) is 0 Å². The van der Waals surface area contributed by atoms with Crippen molar-refractivity contribution in [2.75, 3.05) is 0 Å². The molecule has 0 aliphatic rings. The van der Waals surface area contributed by atoms with E-state index in [2.05, 4.69) is 40.8 Å². The van der Waals surface area contributed by atoms with Gasteiger partial charge >= 0.3 is 70.6 Å². The largest absolute Gasteiger partial charge is 0.285 e. The van der Waals surface area contributed by atoms with E-state index in [-0.39, 0.29) is 24.8 Å². The van der Waals surface area contributed by atoms with Gasteiger partial charge in [0.05, 0.1) is 24.8 Å². The summed E-state index contributed by atoms with van der Waals surface area (Å²) >= 11 is -0.944. The van der Waals surface area contributed by atoms with Crippen molar-refractivity contribution >= 4 is 37.7 Å². The summed E-state index contributed by atoms with van der Waals surface area (Å²) < 4.78 is 0. The third-order valence-corrected chi connectivity index (χ3v) is 3.04. The SMILES string of the molecule is [Cl-].[Cl-].[Cl][Pt][Cl].[Cl][Pt][Cl].c1n[nH]cc1Cc1cn[nH]c1.c1n[nH]cc1Cc1cn[nH]c1. The average Bonchev–Trinajstić information content (AvgIpc) is 3.48. The van der Waals surface area contributed by atoms with Crippen molar-refractivity contribution in [1.82, 2.24) is 40.8 Å². The number of rotatable bonds is 4. The Morgan fingerprint density at radius 3 is 0.867 bits per heavy atom. The first-order valence-corrected chi connectivity index (χ1v) is 18.5. The molecule has 4 N–H and O–H groups in total. The molecule has 0 fully saturated rings. The summed E-state index contributed by atoms with van der Waals surface area (Å²) in [4.78, 5) is 0. The Labute approximate surface area is 218 Å². The standard InChI is InChI=1S/2C7H8N4.6ClH.2Pt/c2*1(6-2-8-9-3-6)7-4-10-11-5-7;;;;;;;;/h2*2-5H,1H2,(H,8,9)(H,10,11);6*1H;;/q;;;;;;;;2*+2/p-6. The fraction of sp³-hybridized carbons (Fsp3) is 0.143. The smallest absolute Gasteiger partial charge is 0.0522 e. The molecule has 0 bridgehead atoms. The molecule has 4 aromatic heterocycles. The van der Waals surface area contributed by atoms with Gasteiger partial charge in [-0.15, -0.1) is 0 Å². The topological polar surface area (TPSA) is 115 Å². The molecule has 0 atom stereocenters. The van der Waals surface area contributed by atoms with E-state index < -0.39 is 33.0 Å². The van der Waals surface area contributed by atoms with Gasteiger partial charge in [0, 0.05) is 37.6 Å². The van der Waals surface area contributed by atoms with E-state index in [1.165, 1.54) is 22.3 Å². The van der Waals surface area contributed by atoms with Gasteiger partial charge < -0.3 is 24.8 Å². The Bertz CT molecular complexity index is 652. The van der Waals surface area contributed by atoms with Crippen LogP contribution in [0.2, 0.25) is 0 Å². The van der Waals surface area contributed by atoms with Crippen molar-refractivity contribution in [3.8, 4) is 0 Å². The minimum Gasteiger partial charge on any atom is -0.285 e. The molecule has 0 saturated heterocycles. The summed E-state index contributed by atoms with van der Waals surface area (Å²) in [5, 5.41) is 26.4. The summed E-state index contributed by atoms with van der Waals surface area (Å²) in [7, 11) is 19.5. The summed E-state index contributed by atoms with van der Waals surface area (Å²) in [5.41, 5.74) is 4.69. The number of aromatic amines is 4. The molecule has 176 valence electrons. The van der Waals surface area contributed by atoms with Crippen molar-refractivity contribution in [2.45, 2.75) is 12.8 Å². The molecule has 0 amide bonds. The predicted molar refractivity (Wildman–Crippen MR) is 103 cm³/mol. The fourth-order valence-electron chi connectivity index (χ4n) is 1.97. The van der Waals surface area contributed by atoms with E-state index in [0.29, 0.717) is 0 Å². The number of nitrogens with zero attached hydrogens (tertiary/aromatic N) is 4. The van der Waals surface area contributed by atoms with Gasteiger partial charge in [-0.2, -0.15) is 20.4 Å². The number of aromatic nitrogens is 8. The molecule has 16 heteroatoms. The van der Waals surface area contributed by atoms with Crippen molar-refractivity contribution in [2.24, 2.45) is 0 Å². The molecule has 0 aromatic carbocycles. The Morgan fingerprint density at radius 2 is 0.733 bits per heavy atom. The Balaban J connectivity index is 0. The van der Waals surface area contributed by atoms with Crippen molar-refractivity contribution < 1.29 is 57.8 Å². The molecule has 0 aliphatic carbocycles. The maximum Gasteiger partial charge on any atom is 0.0522 e. The van der Waals surface area contributed by atoms with E-state index in [1.807, 2.05) is 49.6 Å². The van der Waals surface area contributed by atoms with Gasteiger partial charge in [0.2, 0.25) is 0 Å². The Hall–Kier alpha value is -0.0434. The van der Waals surface area contributed by atoms with Crippen LogP contribution in [0.25, 0.3) is 0 Å². The van der Waals surface area contributed by atoms with Crippen LogP contribution in [-0.4, -0.2) is 40.8 Å². The van der Waals surface area contributed by atoms with Gasteiger partial charge in [-0.05, 0) is 22.3 Å². The number of H-pyrrole nitrogens is 4. The number of halogens is 6. The second kappa shape index (κ2) is 22.2. The van der Waals surface area contributed by atoms with E-state index in [1.54, 1.807) is 0 Å². The zero-order valence-corrected chi connectivity index (χ0v) is 23.8. The molecular weight excluding hydrogens is 883 g/mol.